The van der Waals surface area contributed by atoms with Crippen LogP contribution in [-0.2, 0) is 27.8 Å². The summed E-state index contributed by atoms with van der Waals surface area (Å²) in [5.74, 6) is -0.436. The lowest BCUT2D eigenvalue weighted by atomic mass is 9.74. The minimum atomic E-state index is -0.561. The number of hydrogen-bond acceptors (Lipinski definition) is 3. The molecule has 0 bridgehead atoms. The van der Waals surface area contributed by atoms with Gasteiger partial charge < -0.3 is 10.6 Å². The summed E-state index contributed by atoms with van der Waals surface area (Å²) < 4.78 is 0. The second-order valence-corrected chi connectivity index (χ2v) is 9.04. The van der Waals surface area contributed by atoms with Gasteiger partial charge in [0.05, 0.1) is 0 Å². The molecule has 5 heteroatoms. The molecule has 2 aromatic rings. The lowest BCUT2D eigenvalue weighted by Gasteiger charge is -2.40. The molecule has 1 spiro atoms. The second-order valence-electron chi connectivity index (χ2n) is 9.04. The van der Waals surface area contributed by atoms with Crippen LogP contribution >= 0.6 is 0 Å². The smallest absolute Gasteiger partial charge is 0.240 e. The number of piperidine rings is 1. The van der Waals surface area contributed by atoms with Gasteiger partial charge >= 0.3 is 0 Å². The van der Waals surface area contributed by atoms with Crippen molar-refractivity contribution in [3.8, 4) is 0 Å². The summed E-state index contributed by atoms with van der Waals surface area (Å²) in [5.41, 5.74) is 10.9. The van der Waals surface area contributed by atoms with Crippen molar-refractivity contribution < 1.29 is 9.59 Å². The number of primary amides is 1. The molecule has 2 aliphatic heterocycles. The highest BCUT2D eigenvalue weighted by Crippen LogP contribution is 2.46. The molecule has 5 rings (SSSR count). The molecule has 1 aliphatic carbocycles. The molecule has 156 valence electrons. The molecule has 0 aromatic heterocycles. The first-order valence-electron chi connectivity index (χ1n) is 11.1. The van der Waals surface area contributed by atoms with Crippen LogP contribution in [0.3, 0.4) is 0 Å². The number of hydrogen-bond donors (Lipinski definition) is 1. The highest BCUT2D eigenvalue weighted by atomic mass is 16.2. The third-order valence-corrected chi connectivity index (χ3v) is 7.49. The fourth-order valence-corrected chi connectivity index (χ4v) is 5.78. The van der Waals surface area contributed by atoms with Gasteiger partial charge in [-0.2, -0.15) is 0 Å². The number of likely N-dealkylation sites (tertiary alicyclic amines) is 1. The zero-order valence-electron chi connectivity index (χ0n) is 17.3. The Morgan fingerprint density at radius 3 is 2.43 bits per heavy atom. The largest absolute Gasteiger partial charge is 0.368 e. The second kappa shape index (κ2) is 7.55. The molecule has 1 saturated heterocycles. The number of para-hydroxylation sites is 1. The standard InChI is InChI=1S/C25H29N3O2/c26-24(30)22-17-19-6-2-4-8-21(19)28(22)23(29)10-14-27-15-12-25(13-16-27)11-9-18-5-1-3-7-20(18)25/h1-8,22H,9-17H2,(H2,26,30)/t22-/m1/s1. The Kier molecular flexibility index (Phi) is 4.86. The molecule has 0 saturated carbocycles. The van der Waals surface area contributed by atoms with Crippen LogP contribution in [0.4, 0.5) is 5.69 Å². The van der Waals surface area contributed by atoms with Gasteiger partial charge in [-0.25, -0.2) is 0 Å². The minimum absolute atomic E-state index is 0.00440. The summed E-state index contributed by atoms with van der Waals surface area (Å²) in [6.07, 6.45) is 5.70. The van der Waals surface area contributed by atoms with E-state index in [-0.39, 0.29) is 5.91 Å². The third kappa shape index (κ3) is 3.21. The number of anilines is 1. The average molecular weight is 404 g/mol. The molecule has 3 aliphatic rings. The Morgan fingerprint density at radius 2 is 1.67 bits per heavy atom. The zero-order valence-corrected chi connectivity index (χ0v) is 17.3. The minimum Gasteiger partial charge on any atom is -0.368 e. The summed E-state index contributed by atoms with van der Waals surface area (Å²) in [5, 5.41) is 0. The van der Waals surface area contributed by atoms with Crippen molar-refractivity contribution in [1.29, 1.82) is 0 Å². The Morgan fingerprint density at radius 1 is 0.967 bits per heavy atom. The van der Waals surface area contributed by atoms with Gasteiger partial charge in [-0.05, 0) is 66.9 Å². The summed E-state index contributed by atoms with van der Waals surface area (Å²) in [6.45, 7) is 2.79. The van der Waals surface area contributed by atoms with Crippen LogP contribution in [0.1, 0.15) is 42.4 Å². The van der Waals surface area contributed by atoms with E-state index in [1.807, 2.05) is 24.3 Å². The number of amides is 2. The number of fused-ring (bicyclic) bond motifs is 3. The van der Waals surface area contributed by atoms with Crippen LogP contribution in [0.25, 0.3) is 0 Å². The van der Waals surface area contributed by atoms with E-state index in [1.165, 1.54) is 18.4 Å². The van der Waals surface area contributed by atoms with Gasteiger partial charge in [0, 0.05) is 25.1 Å². The molecule has 2 amide bonds. The van der Waals surface area contributed by atoms with Crippen LogP contribution in [0.15, 0.2) is 48.5 Å². The first-order chi connectivity index (χ1) is 14.6. The molecule has 2 N–H and O–H groups in total. The number of carbonyl (C=O) groups excluding carboxylic acids is 2. The van der Waals surface area contributed by atoms with Crippen molar-refractivity contribution in [2.75, 3.05) is 24.5 Å². The maximum atomic E-state index is 13.1. The maximum Gasteiger partial charge on any atom is 0.240 e. The normalized spacial score (nSPS) is 22.1. The first kappa shape index (κ1) is 19.3. The fourth-order valence-electron chi connectivity index (χ4n) is 5.78. The van der Waals surface area contributed by atoms with Gasteiger partial charge in [0.25, 0.3) is 0 Å². The Balaban J connectivity index is 1.21. The quantitative estimate of drug-likeness (QED) is 0.854. The summed E-state index contributed by atoms with van der Waals surface area (Å²) in [4.78, 5) is 29.1. The molecule has 5 nitrogen and oxygen atoms in total. The van der Waals surface area contributed by atoms with Crippen LogP contribution < -0.4 is 10.6 Å². The van der Waals surface area contributed by atoms with Crippen molar-refractivity contribution in [3.63, 3.8) is 0 Å². The van der Waals surface area contributed by atoms with Gasteiger partial charge in [-0.3, -0.25) is 14.5 Å². The Bertz CT molecular complexity index is 978. The van der Waals surface area contributed by atoms with Gasteiger partial charge in [0.15, 0.2) is 0 Å². The van der Waals surface area contributed by atoms with Crippen LogP contribution in [-0.4, -0.2) is 42.4 Å². The van der Waals surface area contributed by atoms with E-state index in [1.54, 1.807) is 10.5 Å². The molecule has 2 aromatic carbocycles. The number of carbonyl (C=O) groups is 2. The highest BCUT2D eigenvalue weighted by molar-refractivity contribution is 6.03. The van der Waals surface area contributed by atoms with E-state index < -0.39 is 11.9 Å². The molecule has 2 heterocycles. The van der Waals surface area contributed by atoms with Crippen LogP contribution in [0, 0.1) is 0 Å². The Labute approximate surface area is 177 Å². The Hall–Kier alpha value is -2.66. The predicted molar refractivity (Wildman–Crippen MR) is 117 cm³/mol. The van der Waals surface area contributed by atoms with E-state index in [0.717, 1.165) is 43.7 Å². The number of nitrogens with two attached hydrogens (primary N) is 1. The molecule has 0 radical (unpaired) electrons. The SMILES string of the molecule is NC(=O)[C@H]1Cc2ccccc2N1C(=O)CCN1CCC2(CCc3ccccc32)CC1. The molecular weight excluding hydrogens is 374 g/mol. The van der Waals surface area contributed by atoms with Crippen molar-refractivity contribution in [3.05, 3.63) is 65.2 Å². The lowest BCUT2D eigenvalue weighted by molar-refractivity contribution is -0.124. The topological polar surface area (TPSA) is 66.6 Å². The van der Waals surface area contributed by atoms with Gasteiger partial charge in [-0.1, -0.05) is 42.5 Å². The van der Waals surface area contributed by atoms with E-state index in [4.69, 9.17) is 5.73 Å². The maximum absolute atomic E-state index is 13.1. The molecule has 30 heavy (non-hydrogen) atoms. The fraction of sp³-hybridized carbons (Fsp3) is 0.440. The average Bonchev–Trinajstić information content (AvgIpc) is 3.33. The lowest BCUT2D eigenvalue weighted by Crippen LogP contribution is -2.47. The van der Waals surface area contributed by atoms with Gasteiger partial charge in [-0.15, -0.1) is 0 Å². The van der Waals surface area contributed by atoms with Gasteiger partial charge in [0.1, 0.15) is 6.04 Å². The van der Waals surface area contributed by atoms with Crippen molar-refractivity contribution >= 4 is 17.5 Å². The van der Waals surface area contributed by atoms with E-state index in [9.17, 15) is 9.59 Å². The molecule has 0 unspecified atom stereocenters. The predicted octanol–water partition coefficient (Wildman–Crippen LogP) is 2.80. The zero-order chi connectivity index (χ0) is 20.7. The highest BCUT2D eigenvalue weighted by Gasteiger charge is 2.41. The molecular formula is C25H29N3O2. The number of rotatable bonds is 4. The summed E-state index contributed by atoms with van der Waals surface area (Å²) in [6, 6.07) is 16.1. The molecule has 1 atom stereocenters. The van der Waals surface area contributed by atoms with E-state index in [0.29, 0.717) is 18.3 Å². The number of aryl methyl sites for hydroxylation is 1. The van der Waals surface area contributed by atoms with E-state index >= 15 is 0 Å². The van der Waals surface area contributed by atoms with E-state index in [2.05, 4.69) is 29.2 Å². The van der Waals surface area contributed by atoms with Crippen LogP contribution in [0.2, 0.25) is 0 Å². The first-order valence-corrected chi connectivity index (χ1v) is 11.1. The number of benzene rings is 2. The van der Waals surface area contributed by atoms with Crippen molar-refractivity contribution in [2.45, 2.75) is 50.0 Å². The van der Waals surface area contributed by atoms with Crippen molar-refractivity contribution in [1.82, 2.24) is 4.90 Å². The van der Waals surface area contributed by atoms with Crippen molar-refractivity contribution in [2.24, 2.45) is 5.73 Å². The van der Waals surface area contributed by atoms with Crippen LogP contribution in [0.5, 0.6) is 0 Å². The van der Waals surface area contributed by atoms with Gasteiger partial charge in [0.2, 0.25) is 11.8 Å². The summed E-state index contributed by atoms with van der Waals surface area (Å²) >= 11 is 0. The summed E-state index contributed by atoms with van der Waals surface area (Å²) in [7, 11) is 0. The third-order valence-electron chi connectivity index (χ3n) is 7.49. The molecule has 1 fully saturated rings. The number of nitrogens with zero attached hydrogens (tertiary/aromatic N) is 2. The monoisotopic (exact) mass is 403 g/mol.